The second kappa shape index (κ2) is 8.45. The molecule has 0 saturated carbocycles. The van der Waals surface area contributed by atoms with Gasteiger partial charge < -0.3 is 19.2 Å². The molecule has 0 spiro atoms. The van der Waals surface area contributed by atoms with Crippen LogP contribution >= 0.6 is 23.2 Å². The lowest BCUT2D eigenvalue weighted by molar-refractivity contribution is 0.393. The number of methoxy groups -OCH3 is 2. The van der Waals surface area contributed by atoms with Crippen molar-refractivity contribution in [3.8, 4) is 23.0 Å². The first-order valence-electron chi connectivity index (χ1n) is 7.91. The van der Waals surface area contributed by atoms with Crippen molar-refractivity contribution in [1.82, 2.24) is 10.3 Å². The van der Waals surface area contributed by atoms with Gasteiger partial charge in [-0.3, -0.25) is 0 Å². The van der Waals surface area contributed by atoms with E-state index in [0.717, 1.165) is 22.8 Å². The molecule has 7 heteroatoms. The standard InChI is InChI=1S/C19H18Cl2N2O3/c1-24-15-5-12(6-16(8-15)25-2)9-22-10-14-11-26-19(23-14)17-4-3-13(20)7-18(17)21/h3-8,11,22H,9-10H2,1-2H3. The lowest BCUT2D eigenvalue weighted by Crippen LogP contribution is -2.13. The van der Waals surface area contributed by atoms with E-state index in [2.05, 4.69) is 10.3 Å². The second-order valence-electron chi connectivity index (χ2n) is 5.59. The van der Waals surface area contributed by atoms with Gasteiger partial charge in [0, 0.05) is 24.2 Å². The molecule has 0 aliphatic heterocycles. The Hall–Kier alpha value is -2.21. The van der Waals surface area contributed by atoms with Gasteiger partial charge in [-0.1, -0.05) is 23.2 Å². The number of hydrogen-bond acceptors (Lipinski definition) is 5. The van der Waals surface area contributed by atoms with Crippen LogP contribution in [0.2, 0.25) is 10.0 Å². The smallest absolute Gasteiger partial charge is 0.227 e. The highest BCUT2D eigenvalue weighted by Gasteiger charge is 2.11. The third-order valence-electron chi connectivity index (χ3n) is 3.76. The molecule has 0 bridgehead atoms. The Bertz CT molecular complexity index is 874. The molecule has 0 unspecified atom stereocenters. The van der Waals surface area contributed by atoms with E-state index in [1.54, 1.807) is 38.7 Å². The highest BCUT2D eigenvalue weighted by Crippen LogP contribution is 2.29. The van der Waals surface area contributed by atoms with Crippen molar-refractivity contribution >= 4 is 23.2 Å². The molecule has 0 saturated heterocycles. The number of halogens is 2. The monoisotopic (exact) mass is 392 g/mol. The largest absolute Gasteiger partial charge is 0.497 e. The SMILES string of the molecule is COc1cc(CNCc2coc(-c3ccc(Cl)cc3Cl)n2)cc(OC)c1. The van der Waals surface area contributed by atoms with Crippen molar-refractivity contribution in [2.24, 2.45) is 0 Å². The summed E-state index contributed by atoms with van der Waals surface area (Å²) in [7, 11) is 3.26. The molecule has 3 aromatic rings. The molecule has 0 atom stereocenters. The third kappa shape index (κ3) is 4.49. The Kier molecular flexibility index (Phi) is 6.04. The first-order chi connectivity index (χ1) is 12.6. The van der Waals surface area contributed by atoms with Gasteiger partial charge in [0.2, 0.25) is 5.89 Å². The highest BCUT2D eigenvalue weighted by atomic mass is 35.5. The summed E-state index contributed by atoms with van der Waals surface area (Å²) in [5.74, 6) is 1.97. The van der Waals surface area contributed by atoms with Crippen LogP contribution in [0.1, 0.15) is 11.3 Å². The van der Waals surface area contributed by atoms with Crippen LogP contribution in [0.4, 0.5) is 0 Å². The number of hydrogen-bond donors (Lipinski definition) is 1. The molecule has 0 fully saturated rings. The number of aromatic nitrogens is 1. The Morgan fingerprint density at radius 2 is 1.73 bits per heavy atom. The van der Waals surface area contributed by atoms with Crippen LogP contribution in [0.25, 0.3) is 11.5 Å². The summed E-state index contributed by atoms with van der Waals surface area (Å²) in [6.07, 6.45) is 1.61. The van der Waals surface area contributed by atoms with E-state index in [1.165, 1.54) is 0 Å². The average molecular weight is 393 g/mol. The summed E-state index contributed by atoms with van der Waals surface area (Å²) in [6.45, 7) is 1.19. The molecule has 0 aliphatic rings. The van der Waals surface area contributed by atoms with Crippen molar-refractivity contribution in [3.05, 3.63) is 64.0 Å². The Labute approximate surface area is 161 Å². The van der Waals surface area contributed by atoms with E-state index in [1.807, 2.05) is 18.2 Å². The molecule has 5 nitrogen and oxygen atoms in total. The van der Waals surface area contributed by atoms with E-state index in [-0.39, 0.29) is 0 Å². The first-order valence-corrected chi connectivity index (χ1v) is 8.67. The Balaban J connectivity index is 1.64. The van der Waals surface area contributed by atoms with Crippen LogP contribution in [0.15, 0.2) is 47.1 Å². The van der Waals surface area contributed by atoms with Crippen LogP contribution in [0.5, 0.6) is 11.5 Å². The van der Waals surface area contributed by atoms with Crippen LogP contribution in [-0.2, 0) is 13.1 Å². The van der Waals surface area contributed by atoms with Crippen LogP contribution in [0, 0.1) is 0 Å². The summed E-state index contributed by atoms with van der Waals surface area (Å²) in [4.78, 5) is 4.46. The fourth-order valence-corrected chi connectivity index (χ4v) is 2.97. The average Bonchev–Trinajstić information content (AvgIpc) is 3.10. The zero-order valence-electron chi connectivity index (χ0n) is 14.4. The van der Waals surface area contributed by atoms with Gasteiger partial charge in [0.05, 0.1) is 30.5 Å². The summed E-state index contributed by atoms with van der Waals surface area (Å²) in [5, 5.41) is 4.39. The minimum Gasteiger partial charge on any atom is -0.497 e. The molecule has 0 radical (unpaired) electrons. The summed E-state index contributed by atoms with van der Waals surface area (Å²) >= 11 is 12.1. The normalized spacial score (nSPS) is 10.8. The predicted octanol–water partition coefficient (Wildman–Crippen LogP) is 4.96. The van der Waals surface area contributed by atoms with Gasteiger partial charge in [-0.25, -0.2) is 4.98 Å². The summed E-state index contributed by atoms with van der Waals surface area (Å²) < 4.78 is 16.1. The third-order valence-corrected chi connectivity index (χ3v) is 4.31. The number of nitrogens with one attached hydrogen (secondary N) is 1. The Morgan fingerprint density at radius 3 is 2.38 bits per heavy atom. The lowest BCUT2D eigenvalue weighted by Gasteiger charge is -2.08. The summed E-state index contributed by atoms with van der Waals surface area (Å²) in [6, 6.07) is 11.0. The highest BCUT2D eigenvalue weighted by molar-refractivity contribution is 6.36. The first kappa shape index (κ1) is 18.6. The van der Waals surface area contributed by atoms with E-state index < -0.39 is 0 Å². The van der Waals surface area contributed by atoms with Crippen LogP contribution in [-0.4, -0.2) is 19.2 Å². The van der Waals surface area contributed by atoms with Crippen molar-refractivity contribution in [2.45, 2.75) is 13.1 Å². The lowest BCUT2D eigenvalue weighted by atomic mass is 10.2. The molecule has 0 aliphatic carbocycles. The second-order valence-corrected chi connectivity index (χ2v) is 6.44. The fraction of sp³-hybridized carbons (Fsp3) is 0.211. The molecule has 1 N–H and O–H groups in total. The van der Waals surface area contributed by atoms with Crippen LogP contribution < -0.4 is 14.8 Å². The number of rotatable bonds is 7. The molecular weight excluding hydrogens is 375 g/mol. The zero-order valence-corrected chi connectivity index (χ0v) is 15.9. The number of nitrogens with zero attached hydrogens (tertiary/aromatic N) is 1. The van der Waals surface area contributed by atoms with Crippen molar-refractivity contribution in [1.29, 1.82) is 0 Å². The maximum Gasteiger partial charge on any atom is 0.227 e. The van der Waals surface area contributed by atoms with Gasteiger partial charge in [-0.15, -0.1) is 0 Å². The molecule has 0 amide bonds. The molecule has 1 heterocycles. The molecule has 1 aromatic heterocycles. The van der Waals surface area contributed by atoms with Gasteiger partial charge in [0.15, 0.2) is 0 Å². The molecule has 136 valence electrons. The number of benzene rings is 2. The van der Waals surface area contributed by atoms with E-state index >= 15 is 0 Å². The minimum atomic E-state index is 0.464. The maximum absolute atomic E-state index is 6.19. The summed E-state index contributed by atoms with van der Waals surface area (Å²) in [5.41, 5.74) is 2.53. The van der Waals surface area contributed by atoms with Gasteiger partial charge in [0.1, 0.15) is 17.8 Å². The van der Waals surface area contributed by atoms with Gasteiger partial charge in [0.25, 0.3) is 0 Å². The quantitative estimate of drug-likeness (QED) is 0.615. The topological polar surface area (TPSA) is 56.5 Å². The van der Waals surface area contributed by atoms with Crippen molar-refractivity contribution in [2.75, 3.05) is 14.2 Å². The fourth-order valence-electron chi connectivity index (χ4n) is 2.48. The molecule has 26 heavy (non-hydrogen) atoms. The Morgan fingerprint density at radius 1 is 1.00 bits per heavy atom. The molecular formula is C19H18Cl2N2O3. The number of oxazole rings is 1. The van der Waals surface area contributed by atoms with Crippen molar-refractivity contribution < 1.29 is 13.9 Å². The minimum absolute atomic E-state index is 0.464. The molecule has 2 aromatic carbocycles. The van der Waals surface area contributed by atoms with E-state index in [0.29, 0.717) is 34.6 Å². The molecule has 3 rings (SSSR count). The van der Waals surface area contributed by atoms with Gasteiger partial charge in [-0.05, 0) is 35.9 Å². The van der Waals surface area contributed by atoms with E-state index in [9.17, 15) is 0 Å². The zero-order chi connectivity index (χ0) is 18.5. The predicted molar refractivity (Wildman–Crippen MR) is 102 cm³/mol. The van der Waals surface area contributed by atoms with Crippen LogP contribution in [0.3, 0.4) is 0 Å². The van der Waals surface area contributed by atoms with Gasteiger partial charge >= 0.3 is 0 Å². The number of ether oxygens (including phenoxy) is 2. The van der Waals surface area contributed by atoms with E-state index in [4.69, 9.17) is 37.1 Å². The maximum atomic E-state index is 6.19. The van der Waals surface area contributed by atoms with Crippen molar-refractivity contribution in [3.63, 3.8) is 0 Å². The van der Waals surface area contributed by atoms with Gasteiger partial charge in [-0.2, -0.15) is 0 Å².